The lowest BCUT2D eigenvalue weighted by Gasteiger charge is -2.03. The Morgan fingerprint density at radius 1 is 1.60 bits per heavy atom. The van der Waals surface area contributed by atoms with Crippen LogP contribution >= 0.6 is 11.3 Å². The molecule has 1 amide bonds. The number of aryl methyl sites for hydroxylation is 1. The van der Waals surface area contributed by atoms with Gasteiger partial charge in [0.1, 0.15) is 12.4 Å². The van der Waals surface area contributed by atoms with E-state index in [-0.39, 0.29) is 12.5 Å². The molecule has 0 fully saturated rings. The number of rotatable bonds is 4. The fraction of sp³-hybridized carbons (Fsp3) is 0.286. The molecule has 0 aliphatic heterocycles. The van der Waals surface area contributed by atoms with E-state index in [1.165, 1.54) is 11.3 Å². The minimum Gasteiger partial charge on any atom is -0.384 e. The van der Waals surface area contributed by atoms with Crippen molar-refractivity contribution in [2.45, 2.75) is 6.42 Å². The lowest BCUT2D eigenvalue weighted by atomic mass is 10.3. The predicted molar refractivity (Wildman–Crippen MR) is 77.5 cm³/mol. The molecule has 5 nitrogen and oxygen atoms in total. The third-order valence-electron chi connectivity index (χ3n) is 2.71. The van der Waals surface area contributed by atoms with E-state index in [1.54, 1.807) is 17.6 Å². The van der Waals surface area contributed by atoms with Gasteiger partial charge in [0.05, 0.1) is 10.4 Å². The molecule has 0 saturated carbocycles. The molecule has 6 heteroatoms. The molecule has 20 heavy (non-hydrogen) atoms. The summed E-state index contributed by atoms with van der Waals surface area (Å²) in [6.07, 6.45) is 4.31. The molecule has 0 aliphatic carbocycles. The van der Waals surface area contributed by atoms with Crippen molar-refractivity contribution in [3.8, 4) is 11.8 Å². The number of nitrogens with zero attached hydrogens (tertiary/aromatic N) is 2. The zero-order valence-electron chi connectivity index (χ0n) is 11.1. The first kappa shape index (κ1) is 14.3. The van der Waals surface area contributed by atoms with Gasteiger partial charge in [0.25, 0.3) is 5.91 Å². The number of hydrogen-bond donors (Lipinski definition) is 2. The van der Waals surface area contributed by atoms with Gasteiger partial charge in [-0.05, 0) is 6.07 Å². The van der Waals surface area contributed by atoms with Crippen LogP contribution in [0.15, 0.2) is 23.8 Å². The van der Waals surface area contributed by atoms with Crippen molar-refractivity contribution in [3.05, 3.63) is 40.1 Å². The number of imidazole rings is 1. The minimum absolute atomic E-state index is 0.118. The Morgan fingerprint density at radius 3 is 3.15 bits per heavy atom. The summed E-state index contributed by atoms with van der Waals surface area (Å²) in [5.41, 5.74) is 0.595. The van der Waals surface area contributed by atoms with E-state index in [0.717, 1.165) is 10.7 Å². The molecule has 0 bridgehead atoms. The topological polar surface area (TPSA) is 67.2 Å². The van der Waals surface area contributed by atoms with Crippen LogP contribution in [-0.2, 0) is 13.5 Å². The van der Waals surface area contributed by atoms with Gasteiger partial charge in [-0.25, -0.2) is 4.98 Å². The summed E-state index contributed by atoms with van der Waals surface area (Å²) >= 11 is 1.39. The standard InChI is InChI=1S/C14H15N3O2S/c1-17-7-6-15-13(17)4-5-16-14(19)11-9-12(20-10-11)3-2-8-18/h6-7,9-10,18H,4-5,8H2,1H3,(H,16,19). The molecule has 0 aromatic carbocycles. The number of aliphatic hydroxyl groups excluding tert-OH is 1. The van der Waals surface area contributed by atoms with Crippen LogP contribution < -0.4 is 5.32 Å². The molecular formula is C14H15N3O2S. The number of carbonyl (C=O) groups excluding carboxylic acids is 1. The lowest BCUT2D eigenvalue weighted by Crippen LogP contribution is -2.25. The molecule has 104 valence electrons. The highest BCUT2D eigenvalue weighted by Crippen LogP contribution is 2.13. The van der Waals surface area contributed by atoms with E-state index in [0.29, 0.717) is 18.5 Å². The van der Waals surface area contributed by atoms with E-state index in [9.17, 15) is 4.79 Å². The summed E-state index contributed by atoms with van der Waals surface area (Å²) in [5, 5.41) is 13.2. The third-order valence-corrected chi connectivity index (χ3v) is 3.55. The van der Waals surface area contributed by atoms with Crippen molar-refractivity contribution in [2.24, 2.45) is 7.05 Å². The van der Waals surface area contributed by atoms with Gasteiger partial charge < -0.3 is 15.0 Å². The molecular weight excluding hydrogens is 274 g/mol. The average Bonchev–Trinajstić information content (AvgIpc) is 3.06. The average molecular weight is 289 g/mol. The molecule has 2 N–H and O–H groups in total. The smallest absolute Gasteiger partial charge is 0.252 e. The number of aliphatic hydroxyl groups is 1. The second-order valence-electron chi connectivity index (χ2n) is 4.12. The van der Waals surface area contributed by atoms with Crippen LogP contribution in [0.3, 0.4) is 0 Å². The monoisotopic (exact) mass is 289 g/mol. The van der Waals surface area contributed by atoms with Crippen molar-refractivity contribution in [3.63, 3.8) is 0 Å². The Bertz CT molecular complexity index is 649. The van der Waals surface area contributed by atoms with Crippen LogP contribution in [0.2, 0.25) is 0 Å². The second-order valence-corrected chi connectivity index (χ2v) is 5.03. The summed E-state index contributed by atoms with van der Waals surface area (Å²) in [7, 11) is 1.93. The van der Waals surface area contributed by atoms with Gasteiger partial charge in [-0.1, -0.05) is 11.8 Å². The van der Waals surface area contributed by atoms with Crippen LogP contribution in [-0.4, -0.2) is 33.7 Å². The lowest BCUT2D eigenvalue weighted by molar-refractivity contribution is 0.0954. The van der Waals surface area contributed by atoms with Gasteiger partial charge in [-0.2, -0.15) is 0 Å². The van der Waals surface area contributed by atoms with E-state index in [2.05, 4.69) is 22.1 Å². The molecule has 0 atom stereocenters. The first-order chi connectivity index (χ1) is 9.70. The summed E-state index contributed by atoms with van der Waals surface area (Å²) in [6.45, 7) is 0.361. The largest absolute Gasteiger partial charge is 0.384 e. The zero-order chi connectivity index (χ0) is 14.4. The molecule has 2 aromatic rings. The molecule has 2 aromatic heterocycles. The van der Waals surface area contributed by atoms with E-state index >= 15 is 0 Å². The van der Waals surface area contributed by atoms with Crippen molar-refractivity contribution in [2.75, 3.05) is 13.2 Å². The zero-order valence-corrected chi connectivity index (χ0v) is 11.9. The number of carbonyl (C=O) groups is 1. The maximum Gasteiger partial charge on any atom is 0.252 e. The van der Waals surface area contributed by atoms with Crippen LogP contribution in [0.25, 0.3) is 0 Å². The van der Waals surface area contributed by atoms with Crippen LogP contribution in [0.5, 0.6) is 0 Å². The fourth-order valence-corrected chi connectivity index (χ4v) is 2.43. The first-order valence-electron chi connectivity index (χ1n) is 6.13. The number of thiophene rings is 1. The summed E-state index contributed by atoms with van der Waals surface area (Å²) < 4.78 is 1.93. The maximum absolute atomic E-state index is 11.9. The summed E-state index contributed by atoms with van der Waals surface area (Å²) in [5.74, 6) is 6.16. The predicted octanol–water partition coefficient (Wildman–Crippen LogP) is 0.798. The van der Waals surface area contributed by atoms with Crippen molar-refractivity contribution < 1.29 is 9.90 Å². The number of nitrogens with one attached hydrogen (secondary N) is 1. The van der Waals surface area contributed by atoms with Crippen molar-refractivity contribution in [1.82, 2.24) is 14.9 Å². The first-order valence-corrected chi connectivity index (χ1v) is 7.01. The van der Waals surface area contributed by atoms with Gasteiger partial charge >= 0.3 is 0 Å². The van der Waals surface area contributed by atoms with Crippen molar-refractivity contribution >= 4 is 17.2 Å². The van der Waals surface area contributed by atoms with Gasteiger partial charge in [0, 0.05) is 37.8 Å². The fourth-order valence-electron chi connectivity index (χ4n) is 1.67. The summed E-state index contributed by atoms with van der Waals surface area (Å²) in [4.78, 5) is 16.9. The number of amides is 1. The normalized spacial score (nSPS) is 9.90. The van der Waals surface area contributed by atoms with Crippen molar-refractivity contribution in [1.29, 1.82) is 0 Å². The van der Waals surface area contributed by atoms with Crippen LogP contribution in [0.4, 0.5) is 0 Å². The number of hydrogen-bond acceptors (Lipinski definition) is 4. The quantitative estimate of drug-likeness (QED) is 0.818. The molecule has 2 heterocycles. The van der Waals surface area contributed by atoms with Gasteiger partial charge in [-0.15, -0.1) is 11.3 Å². The molecule has 0 spiro atoms. The van der Waals surface area contributed by atoms with Gasteiger partial charge in [0.15, 0.2) is 0 Å². The SMILES string of the molecule is Cn1ccnc1CCNC(=O)c1csc(C#CCO)c1. The Hall–Kier alpha value is -2.10. The van der Waals surface area contributed by atoms with Gasteiger partial charge in [-0.3, -0.25) is 4.79 Å². The van der Waals surface area contributed by atoms with E-state index < -0.39 is 0 Å². The number of aromatic nitrogens is 2. The Morgan fingerprint density at radius 2 is 2.45 bits per heavy atom. The highest BCUT2D eigenvalue weighted by Gasteiger charge is 2.08. The van der Waals surface area contributed by atoms with Crippen LogP contribution in [0, 0.1) is 11.8 Å². The molecule has 2 rings (SSSR count). The highest BCUT2D eigenvalue weighted by molar-refractivity contribution is 7.10. The Labute approximate surface area is 121 Å². The maximum atomic E-state index is 11.9. The summed E-state index contributed by atoms with van der Waals surface area (Å²) in [6, 6.07) is 1.73. The van der Waals surface area contributed by atoms with Gasteiger partial charge in [0.2, 0.25) is 0 Å². The molecule has 0 saturated heterocycles. The second kappa shape index (κ2) is 6.89. The van der Waals surface area contributed by atoms with E-state index in [1.807, 2.05) is 17.8 Å². The minimum atomic E-state index is -0.177. The van der Waals surface area contributed by atoms with Crippen LogP contribution in [0.1, 0.15) is 21.1 Å². The molecule has 0 aliphatic rings. The Kier molecular flexibility index (Phi) is 4.93. The van der Waals surface area contributed by atoms with E-state index in [4.69, 9.17) is 5.11 Å². The third kappa shape index (κ3) is 3.70. The Balaban J connectivity index is 1.86. The molecule has 0 radical (unpaired) electrons. The molecule has 0 unspecified atom stereocenters. The highest BCUT2D eigenvalue weighted by atomic mass is 32.1.